The van der Waals surface area contributed by atoms with Gasteiger partial charge in [0.05, 0.1) is 17.6 Å². The second-order valence-electron chi connectivity index (χ2n) is 3.49. The van der Waals surface area contributed by atoms with E-state index in [4.69, 9.17) is 10.5 Å². The van der Waals surface area contributed by atoms with Crippen LogP contribution in [-0.4, -0.2) is 22.1 Å². The molecular formula is C11H12FN3O2. The summed E-state index contributed by atoms with van der Waals surface area (Å²) >= 11 is 0. The van der Waals surface area contributed by atoms with Crippen LogP contribution in [0, 0.1) is 5.82 Å². The number of aromatic nitrogens is 2. The van der Waals surface area contributed by atoms with E-state index in [1.165, 1.54) is 22.8 Å². The predicted molar refractivity (Wildman–Crippen MR) is 60.7 cm³/mol. The van der Waals surface area contributed by atoms with Crippen molar-refractivity contribution in [1.29, 1.82) is 0 Å². The summed E-state index contributed by atoms with van der Waals surface area (Å²) in [6.07, 6.45) is 0. The fourth-order valence-corrected chi connectivity index (χ4v) is 1.62. The quantitative estimate of drug-likeness (QED) is 0.817. The lowest BCUT2D eigenvalue weighted by Gasteiger charge is -2.05. The lowest BCUT2D eigenvalue weighted by atomic mass is 10.3. The topological polar surface area (TPSA) is 70.1 Å². The van der Waals surface area contributed by atoms with Crippen molar-refractivity contribution >= 4 is 23.0 Å². The maximum atomic E-state index is 13.0. The minimum Gasteiger partial charge on any atom is -0.465 e. The first-order valence-corrected chi connectivity index (χ1v) is 5.18. The van der Waals surface area contributed by atoms with Crippen molar-refractivity contribution in [3.05, 3.63) is 24.0 Å². The zero-order valence-electron chi connectivity index (χ0n) is 9.31. The van der Waals surface area contributed by atoms with Gasteiger partial charge < -0.3 is 10.5 Å². The van der Waals surface area contributed by atoms with Gasteiger partial charge in [0.1, 0.15) is 12.4 Å². The van der Waals surface area contributed by atoms with Crippen molar-refractivity contribution in [2.45, 2.75) is 13.5 Å². The number of esters is 1. The van der Waals surface area contributed by atoms with Gasteiger partial charge in [-0.3, -0.25) is 9.36 Å². The first-order valence-electron chi connectivity index (χ1n) is 5.18. The van der Waals surface area contributed by atoms with Crippen LogP contribution in [0.2, 0.25) is 0 Å². The molecule has 0 saturated carbocycles. The third-order valence-corrected chi connectivity index (χ3v) is 2.33. The summed E-state index contributed by atoms with van der Waals surface area (Å²) in [5.74, 6) is -0.625. The number of halogens is 1. The van der Waals surface area contributed by atoms with Gasteiger partial charge >= 0.3 is 5.97 Å². The second-order valence-corrected chi connectivity index (χ2v) is 3.49. The molecule has 0 radical (unpaired) electrons. The highest BCUT2D eigenvalue weighted by atomic mass is 19.1. The number of benzene rings is 1. The molecule has 17 heavy (non-hydrogen) atoms. The number of nitrogen functional groups attached to an aromatic ring is 1. The number of nitrogens with zero attached hydrogens (tertiary/aromatic N) is 2. The SMILES string of the molecule is CCOC(=O)Cn1c(N)nc2cc(F)ccc21. The molecule has 6 heteroatoms. The van der Waals surface area contributed by atoms with Crippen LogP contribution in [0.4, 0.5) is 10.3 Å². The number of hydrogen-bond acceptors (Lipinski definition) is 4. The minimum atomic E-state index is -0.400. The van der Waals surface area contributed by atoms with Crippen molar-refractivity contribution in [3.63, 3.8) is 0 Å². The Morgan fingerprint density at radius 1 is 1.59 bits per heavy atom. The van der Waals surface area contributed by atoms with E-state index >= 15 is 0 Å². The molecule has 90 valence electrons. The van der Waals surface area contributed by atoms with Crippen LogP contribution in [0.1, 0.15) is 6.92 Å². The highest BCUT2D eigenvalue weighted by molar-refractivity contribution is 5.81. The van der Waals surface area contributed by atoms with Crippen LogP contribution in [0.25, 0.3) is 11.0 Å². The van der Waals surface area contributed by atoms with Gasteiger partial charge in [-0.05, 0) is 19.1 Å². The van der Waals surface area contributed by atoms with Gasteiger partial charge in [-0.2, -0.15) is 0 Å². The number of ether oxygens (including phenoxy) is 1. The Kier molecular flexibility index (Phi) is 2.95. The summed E-state index contributed by atoms with van der Waals surface area (Å²) in [6, 6.07) is 4.10. The molecule has 2 rings (SSSR count). The van der Waals surface area contributed by atoms with Gasteiger partial charge in [-0.1, -0.05) is 0 Å². The number of carbonyl (C=O) groups excluding carboxylic acids is 1. The summed E-state index contributed by atoms with van der Waals surface area (Å²) in [6.45, 7) is 2.00. The molecule has 0 amide bonds. The smallest absolute Gasteiger partial charge is 0.326 e. The third-order valence-electron chi connectivity index (χ3n) is 2.33. The van der Waals surface area contributed by atoms with Gasteiger partial charge in [0.2, 0.25) is 5.95 Å². The standard InChI is InChI=1S/C11H12FN3O2/c1-2-17-10(16)6-15-9-4-3-7(12)5-8(9)14-11(15)13/h3-5H,2,6H2,1H3,(H2,13,14). The van der Waals surface area contributed by atoms with Gasteiger partial charge in [-0.15, -0.1) is 0 Å². The molecule has 0 saturated heterocycles. The van der Waals surface area contributed by atoms with Crippen LogP contribution in [0.3, 0.4) is 0 Å². The van der Waals surface area contributed by atoms with Gasteiger partial charge in [0.15, 0.2) is 0 Å². The van der Waals surface area contributed by atoms with E-state index in [1.807, 2.05) is 0 Å². The van der Waals surface area contributed by atoms with E-state index in [0.717, 1.165) is 0 Å². The molecular weight excluding hydrogens is 225 g/mol. The number of nitrogens with two attached hydrogens (primary N) is 1. The van der Waals surface area contributed by atoms with Gasteiger partial charge in [0.25, 0.3) is 0 Å². The molecule has 0 spiro atoms. The average Bonchev–Trinajstić information content (AvgIpc) is 2.55. The molecule has 0 bridgehead atoms. The molecule has 5 nitrogen and oxygen atoms in total. The number of carbonyl (C=O) groups is 1. The number of hydrogen-bond donors (Lipinski definition) is 1. The molecule has 0 aliphatic rings. The fraction of sp³-hybridized carbons (Fsp3) is 0.273. The summed E-state index contributed by atoms with van der Waals surface area (Å²) in [4.78, 5) is 15.4. The maximum absolute atomic E-state index is 13.0. The third kappa shape index (κ3) is 2.20. The predicted octanol–water partition coefficient (Wildman–Crippen LogP) is 1.32. The lowest BCUT2D eigenvalue weighted by molar-refractivity contribution is -0.143. The number of imidazole rings is 1. The summed E-state index contributed by atoms with van der Waals surface area (Å²) in [5, 5.41) is 0. The Morgan fingerprint density at radius 2 is 2.35 bits per heavy atom. The van der Waals surface area contributed by atoms with Crippen LogP contribution in [-0.2, 0) is 16.1 Å². The first-order chi connectivity index (χ1) is 8.11. The Labute approximate surface area is 97.0 Å². The van der Waals surface area contributed by atoms with Crippen molar-refractivity contribution in [3.8, 4) is 0 Å². The molecule has 0 aliphatic heterocycles. The Bertz CT molecular complexity index is 565. The number of anilines is 1. The van der Waals surface area contributed by atoms with Gasteiger partial charge in [-0.25, -0.2) is 9.37 Å². The summed E-state index contributed by atoms with van der Waals surface area (Å²) in [7, 11) is 0. The molecule has 2 aromatic rings. The van der Waals surface area contributed by atoms with Crippen molar-refractivity contribution in [2.24, 2.45) is 0 Å². The van der Waals surface area contributed by atoms with Crippen LogP contribution in [0.5, 0.6) is 0 Å². The van der Waals surface area contributed by atoms with Gasteiger partial charge in [0, 0.05) is 6.07 Å². The largest absolute Gasteiger partial charge is 0.465 e. The first kappa shape index (κ1) is 11.4. The van der Waals surface area contributed by atoms with E-state index in [2.05, 4.69) is 4.98 Å². The molecule has 0 fully saturated rings. The van der Waals surface area contributed by atoms with Crippen molar-refractivity contribution < 1.29 is 13.9 Å². The average molecular weight is 237 g/mol. The Balaban J connectivity index is 2.39. The monoisotopic (exact) mass is 237 g/mol. The van der Waals surface area contributed by atoms with E-state index in [1.54, 1.807) is 6.92 Å². The van der Waals surface area contributed by atoms with E-state index < -0.39 is 11.8 Å². The Morgan fingerprint density at radius 3 is 3.06 bits per heavy atom. The summed E-state index contributed by atoms with van der Waals surface area (Å²) in [5.41, 5.74) is 6.70. The number of rotatable bonds is 3. The molecule has 0 aliphatic carbocycles. The zero-order valence-corrected chi connectivity index (χ0v) is 9.31. The Hall–Kier alpha value is -2.11. The normalized spacial score (nSPS) is 10.7. The molecule has 0 unspecified atom stereocenters. The maximum Gasteiger partial charge on any atom is 0.326 e. The zero-order chi connectivity index (χ0) is 12.4. The molecule has 0 atom stereocenters. The number of fused-ring (bicyclic) bond motifs is 1. The van der Waals surface area contributed by atoms with Crippen LogP contribution in [0.15, 0.2) is 18.2 Å². The second kappa shape index (κ2) is 4.40. The molecule has 2 N–H and O–H groups in total. The van der Waals surface area contributed by atoms with E-state index in [9.17, 15) is 9.18 Å². The highest BCUT2D eigenvalue weighted by Gasteiger charge is 2.12. The van der Waals surface area contributed by atoms with Crippen LogP contribution >= 0.6 is 0 Å². The van der Waals surface area contributed by atoms with E-state index in [-0.39, 0.29) is 12.5 Å². The fourth-order valence-electron chi connectivity index (χ4n) is 1.62. The van der Waals surface area contributed by atoms with Crippen LogP contribution < -0.4 is 5.73 Å². The molecule has 1 aromatic heterocycles. The lowest BCUT2D eigenvalue weighted by Crippen LogP contribution is -2.15. The summed E-state index contributed by atoms with van der Waals surface area (Å²) < 4.78 is 19.3. The molecule has 1 heterocycles. The minimum absolute atomic E-state index is 0.0260. The highest BCUT2D eigenvalue weighted by Crippen LogP contribution is 2.18. The van der Waals surface area contributed by atoms with E-state index in [0.29, 0.717) is 17.6 Å². The molecule has 1 aromatic carbocycles. The van der Waals surface area contributed by atoms with Crippen molar-refractivity contribution in [1.82, 2.24) is 9.55 Å². The van der Waals surface area contributed by atoms with Crippen molar-refractivity contribution in [2.75, 3.05) is 12.3 Å².